The Balaban J connectivity index is 2.60. The molecule has 0 atom stereocenters. The third kappa shape index (κ3) is 4.06. The van der Waals surface area contributed by atoms with Gasteiger partial charge in [-0.3, -0.25) is 9.59 Å². The van der Waals surface area contributed by atoms with Gasteiger partial charge in [0.15, 0.2) is 5.78 Å². The minimum atomic E-state index is -0.337. The fourth-order valence-electron chi connectivity index (χ4n) is 1.26. The van der Waals surface area contributed by atoms with Crippen LogP contribution in [0.15, 0.2) is 29.2 Å². The number of ketones is 1. The minimum Gasteiger partial charge on any atom is -0.369 e. The number of Topliss-reactive ketones (excluding diaryl/α,β-unsaturated/α-hetero) is 1. The van der Waals surface area contributed by atoms with Gasteiger partial charge in [0.1, 0.15) is 0 Å². The predicted octanol–water partition coefficient (Wildman–Crippen LogP) is 2.25. The van der Waals surface area contributed by atoms with Crippen LogP contribution < -0.4 is 5.73 Å². The second kappa shape index (κ2) is 6.33. The highest BCUT2D eigenvalue weighted by atomic mass is 32.2. The van der Waals surface area contributed by atoms with Crippen LogP contribution in [0.25, 0.3) is 0 Å². The highest BCUT2D eigenvalue weighted by Crippen LogP contribution is 2.18. The van der Waals surface area contributed by atoms with E-state index < -0.39 is 0 Å². The molecule has 3 nitrogen and oxygen atoms in total. The fraction of sp³-hybridized carbons (Fsp3) is 0.333. The van der Waals surface area contributed by atoms with Crippen LogP contribution in [0.2, 0.25) is 0 Å². The first-order valence-electron chi connectivity index (χ1n) is 5.18. The standard InChI is InChI=1S/C12H15NO2S/c1-2-3-11(14)9-4-6-10(7-5-9)16-8-12(13)15/h4-7H,2-3,8H2,1H3,(H2,13,15). The zero-order chi connectivity index (χ0) is 12.0. The lowest BCUT2D eigenvalue weighted by Gasteiger charge is -2.01. The first-order chi connectivity index (χ1) is 7.63. The Labute approximate surface area is 99.4 Å². The Morgan fingerprint density at radius 1 is 1.25 bits per heavy atom. The van der Waals surface area contributed by atoms with Gasteiger partial charge in [0.2, 0.25) is 5.91 Å². The lowest BCUT2D eigenvalue weighted by Crippen LogP contribution is -2.12. The van der Waals surface area contributed by atoms with Gasteiger partial charge in [-0.1, -0.05) is 19.1 Å². The summed E-state index contributed by atoms with van der Waals surface area (Å²) in [5.74, 6) is 0.0903. The molecule has 0 saturated heterocycles. The first-order valence-corrected chi connectivity index (χ1v) is 6.16. The summed E-state index contributed by atoms with van der Waals surface area (Å²) >= 11 is 1.38. The van der Waals surface area contributed by atoms with Crippen molar-refractivity contribution in [1.29, 1.82) is 0 Å². The lowest BCUT2D eigenvalue weighted by molar-refractivity contribution is -0.115. The van der Waals surface area contributed by atoms with Gasteiger partial charge < -0.3 is 5.73 Å². The highest BCUT2D eigenvalue weighted by molar-refractivity contribution is 8.00. The molecule has 0 spiro atoms. The highest BCUT2D eigenvalue weighted by Gasteiger charge is 2.04. The van der Waals surface area contributed by atoms with Gasteiger partial charge in [-0.15, -0.1) is 11.8 Å². The van der Waals surface area contributed by atoms with Crippen molar-refractivity contribution in [1.82, 2.24) is 0 Å². The molecule has 16 heavy (non-hydrogen) atoms. The van der Waals surface area contributed by atoms with Crippen LogP contribution in [-0.4, -0.2) is 17.4 Å². The molecule has 0 aromatic heterocycles. The van der Waals surface area contributed by atoms with Crippen LogP contribution in [0.4, 0.5) is 0 Å². The van der Waals surface area contributed by atoms with Crippen molar-refractivity contribution in [3.05, 3.63) is 29.8 Å². The van der Waals surface area contributed by atoms with E-state index in [-0.39, 0.29) is 17.4 Å². The second-order valence-corrected chi connectivity index (χ2v) is 4.50. The molecule has 0 unspecified atom stereocenters. The molecule has 0 saturated carbocycles. The van der Waals surface area contributed by atoms with Crippen molar-refractivity contribution < 1.29 is 9.59 Å². The quantitative estimate of drug-likeness (QED) is 0.609. The summed E-state index contributed by atoms with van der Waals surface area (Å²) in [7, 11) is 0. The van der Waals surface area contributed by atoms with E-state index in [4.69, 9.17) is 5.73 Å². The van der Waals surface area contributed by atoms with Crippen molar-refractivity contribution in [2.24, 2.45) is 5.73 Å². The van der Waals surface area contributed by atoms with Crippen LogP contribution in [0, 0.1) is 0 Å². The third-order valence-electron chi connectivity index (χ3n) is 2.03. The molecule has 0 aliphatic heterocycles. The number of hydrogen-bond donors (Lipinski definition) is 1. The van der Waals surface area contributed by atoms with Crippen molar-refractivity contribution in [3.8, 4) is 0 Å². The van der Waals surface area contributed by atoms with Crippen LogP contribution in [0.5, 0.6) is 0 Å². The van der Waals surface area contributed by atoms with Crippen molar-refractivity contribution in [3.63, 3.8) is 0 Å². The molecule has 0 aliphatic rings. The summed E-state index contributed by atoms with van der Waals surface area (Å²) < 4.78 is 0. The molecule has 0 radical (unpaired) electrons. The Kier molecular flexibility index (Phi) is 5.05. The van der Waals surface area contributed by atoms with Gasteiger partial charge >= 0.3 is 0 Å². The van der Waals surface area contributed by atoms with E-state index in [1.54, 1.807) is 12.1 Å². The van der Waals surface area contributed by atoms with Crippen LogP contribution in [0.3, 0.4) is 0 Å². The van der Waals surface area contributed by atoms with E-state index in [0.29, 0.717) is 6.42 Å². The predicted molar refractivity (Wildman–Crippen MR) is 65.6 cm³/mol. The van der Waals surface area contributed by atoms with E-state index in [9.17, 15) is 9.59 Å². The maximum Gasteiger partial charge on any atom is 0.227 e. The van der Waals surface area contributed by atoms with E-state index in [1.807, 2.05) is 19.1 Å². The maximum absolute atomic E-state index is 11.5. The number of hydrogen-bond acceptors (Lipinski definition) is 3. The molecule has 86 valence electrons. The first kappa shape index (κ1) is 12.8. The lowest BCUT2D eigenvalue weighted by atomic mass is 10.1. The summed E-state index contributed by atoms with van der Waals surface area (Å²) in [4.78, 5) is 23.1. The molecule has 2 N–H and O–H groups in total. The van der Waals surface area contributed by atoms with Crippen LogP contribution >= 0.6 is 11.8 Å². The normalized spacial score (nSPS) is 10.1. The van der Waals surface area contributed by atoms with E-state index in [2.05, 4.69) is 0 Å². The number of carbonyl (C=O) groups is 2. The molecular formula is C12H15NO2S. The Morgan fingerprint density at radius 2 is 1.88 bits per heavy atom. The number of nitrogens with two attached hydrogens (primary N) is 1. The monoisotopic (exact) mass is 237 g/mol. The maximum atomic E-state index is 11.5. The average Bonchev–Trinajstić information content (AvgIpc) is 2.27. The summed E-state index contributed by atoms with van der Waals surface area (Å²) in [6.45, 7) is 1.98. The zero-order valence-corrected chi connectivity index (χ0v) is 10.0. The number of primary amides is 1. The van der Waals surface area contributed by atoms with Crippen LogP contribution in [-0.2, 0) is 4.79 Å². The Bertz CT molecular complexity index is 373. The molecule has 1 rings (SSSR count). The van der Waals surface area contributed by atoms with E-state index >= 15 is 0 Å². The van der Waals surface area contributed by atoms with Gasteiger partial charge in [-0.2, -0.15) is 0 Å². The van der Waals surface area contributed by atoms with Gasteiger partial charge in [0.25, 0.3) is 0 Å². The SMILES string of the molecule is CCCC(=O)c1ccc(SCC(N)=O)cc1. The zero-order valence-electron chi connectivity index (χ0n) is 9.23. The fourth-order valence-corrected chi connectivity index (χ4v) is 1.90. The molecule has 4 heteroatoms. The average molecular weight is 237 g/mol. The summed E-state index contributed by atoms with van der Waals surface area (Å²) in [6, 6.07) is 7.27. The molecule has 1 aromatic carbocycles. The number of amides is 1. The van der Waals surface area contributed by atoms with E-state index in [0.717, 1.165) is 16.9 Å². The molecule has 0 fully saturated rings. The second-order valence-electron chi connectivity index (χ2n) is 3.45. The largest absolute Gasteiger partial charge is 0.369 e. The number of thioether (sulfide) groups is 1. The topological polar surface area (TPSA) is 60.2 Å². The molecule has 0 bridgehead atoms. The van der Waals surface area contributed by atoms with Gasteiger partial charge in [-0.25, -0.2) is 0 Å². The molecule has 1 amide bonds. The van der Waals surface area contributed by atoms with Gasteiger partial charge in [0, 0.05) is 16.9 Å². The summed E-state index contributed by atoms with van der Waals surface area (Å²) in [6.07, 6.45) is 1.44. The third-order valence-corrected chi connectivity index (χ3v) is 3.07. The van der Waals surface area contributed by atoms with Crippen molar-refractivity contribution in [2.45, 2.75) is 24.7 Å². The molecule has 0 heterocycles. The van der Waals surface area contributed by atoms with Crippen molar-refractivity contribution in [2.75, 3.05) is 5.75 Å². The number of benzene rings is 1. The molecular weight excluding hydrogens is 222 g/mol. The van der Waals surface area contributed by atoms with Crippen LogP contribution in [0.1, 0.15) is 30.1 Å². The Hall–Kier alpha value is -1.29. The number of carbonyl (C=O) groups excluding carboxylic acids is 2. The summed E-state index contributed by atoms with van der Waals surface area (Å²) in [5.41, 5.74) is 5.77. The Morgan fingerprint density at radius 3 is 2.38 bits per heavy atom. The van der Waals surface area contributed by atoms with Gasteiger partial charge in [-0.05, 0) is 18.6 Å². The molecule has 1 aromatic rings. The van der Waals surface area contributed by atoms with Crippen molar-refractivity contribution >= 4 is 23.5 Å². The van der Waals surface area contributed by atoms with E-state index in [1.165, 1.54) is 11.8 Å². The number of rotatable bonds is 6. The smallest absolute Gasteiger partial charge is 0.227 e. The molecule has 0 aliphatic carbocycles. The minimum absolute atomic E-state index is 0.161. The van der Waals surface area contributed by atoms with Gasteiger partial charge in [0.05, 0.1) is 5.75 Å². The summed E-state index contributed by atoms with van der Waals surface area (Å²) in [5, 5.41) is 0.